The number of nitrogens with one attached hydrogen (secondary N) is 1. The van der Waals surface area contributed by atoms with Crippen LogP contribution in [-0.4, -0.2) is 15.5 Å². The van der Waals surface area contributed by atoms with E-state index in [4.69, 9.17) is 0 Å². The van der Waals surface area contributed by atoms with E-state index in [-0.39, 0.29) is 18.3 Å². The largest absolute Gasteiger partial charge is 0.350 e. The highest BCUT2D eigenvalue weighted by Gasteiger charge is 2.12. The van der Waals surface area contributed by atoms with Gasteiger partial charge in [-0.3, -0.25) is 4.79 Å². The van der Waals surface area contributed by atoms with Crippen LogP contribution in [0, 0.1) is 5.82 Å². The molecule has 4 nitrogen and oxygen atoms in total. The van der Waals surface area contributed by atoms with Crippen LogP contribution in [0.5, 0.6) is 0 Å². The van der Waals surface area contributed by atoms with Crippen LogP contribution in [0.25, 0.3) is 11.0 Å². The predicted octanol–water partition coefficient (Wildman–Crippen LogP) is 3.05. The molecule has 0 unspecified atom stereocenters. The summed E-state index contributed by atoms with van der Waals surface area (Å²) in [4.78, 5) is 16.8. The van der Waals surface area contributed by atoms with Crippen molar-refractivity contribution >= 4 is 16.9 Å². The predicted molar refractivity (Wildman–Crippen MR) is 87.4 cm³/mol. The van der Waals surface area contributed by atoms with E-state index in [1.54, 1.807) is 12.1 Å². The van der Waals surface area contributed by atoms with Gasteiger partial charge in [-0.1, -0.05) is 31.2 Å². The molecule has 118 valence electrons. The van der Waals surface area contributed by atoms with Gasteiger partial charge in [-0.25, -0.2) is 9.37 Å². The van der Waals surface area contributed by atoms with Crippen molar-refractivity contribution in [3.05, 3.63) is 65.7 Å². The van der Waals surface area contributed by atoms with Gasteiger partial charge in [-0.15, -0.1) is 0 Å². The molecule has 0 spiro atoms. The van der Waals surface area contributed by atoms with Crippen LogP contribution in [-0.2, 0) is 24.3 Å². The summed E-state index contributed by atoms with van der Waals surface area (Å²) in [5.41, 5.74) is 2.72. The molecule has 23 heavy (non-hydrogen) atoms. The molecule has 0 aliphatic carbocycles. The molecule has 0 saturated carbocycles. The minimum Gasteiger partial charge on any atom is -0.350 e. The summed E-state index contributed by atoms with van der Waals surface area (Å²) in [5.74, 6) is 0.521. The first-order valence-electron chi connectivity index (χ1n) is 7.62. The lowest BCUT2D eigenvalue weighted by Gasteiger charge is -2.09. The van der Waals surface area contributed by atoms with Crippen LogP contribution in [0.2, 0.25) is 0 Å². The Hall–Kier alpha value is -2.69. The molecule has 3 aromatic rings. The van der Waals surface area contributed by atoms with Crippen LogP contribution in [0.4, 0.5) is 4.39 Å². The fraction of sp³-hybridized carbons (Fsp3) is 0.222. The molecular formula is C18H18FN3O. The fourth-order valence-corrected chi connectivity index (χ4v) is 2.57. The van der Waals surface area contributed by atoms with E-state index in [1.807, 2.05) is 35.8 Å². The van der Waals surface area contributed by atoms with Gasteiger partial charge in [0.2, 0.25) is 5.91 Å². The van der Waals surface area contributed by atoms with Gasteiger partial charge in [-0.05, 0) is 29.8 Å². The molecule has 2 aromatic carbocycles. The first-order chi connectivity index (χ1) is 11.2. The molecule has 0 fully saturated rings. The first-order valence-corrected chi connectivity index (χ1v) is 7.62. The minimum atomic E-state index is -0.280. The quantitative estimate of drug-likeness (QED) is 0.787. The van der Waals surface area contributed by atoms with Crippen molar-refractivity contribution in [3.63, 3.8) is 0 Å². The highest BCUT2D eigenvalue weighted by Crippen LogP contribution is 2.16. The average Bonchev–Trinajstić information content (AvgIpc) is 2.92. The Morgan fingerprint density at radius 1 is 1.17 bits per heavy atom. The van der Waals surface area contributed by atoms with E-state index >= 15 is 0 Å². The van der Waals surface area contributed by atoms with Gasteiger partial charge in [-0.2, -0.15) is 0 Å². The lowest BCUT2D eigenvalue weighted by Crippen LogP contribution is -2.27. The molecule has 1 aromatic heterocycles. The van der Waals surface area contributed by atoms with Crippen LogP contribution in [0.15, 0.2) is 48.5 Å². The van der Waals surface area contributed by atoms with Gasteiger partial charge in [0.05, 0.1) is 11.0 Å². The fourth-order valence-electron chi connectivity index (χ4n) is 2.57. The number of carbonyl (C=O) groups is 1. The highest BCUT2D eigenvalue weighted by molar-refractivity contribution is 5.81. The number of amides is 1. The number of aryl methyl sites for hydroxylation is 1. The first kappa shape index (κ1) is 15.2. The second kappa shape index (κ2) is 6.60. The molecular weight excluding hydrogens is 293 g/mol. The number of aromatic nitrogens is 2. The molecule has 5 heteroatoms. The highest BCUT2D eigenvalue weighted by atomic mass is 19.1. The molecule has 1 N–H and O–H groups in total. The van der Waals surface area contributed by atoms with Crippen molar-refractivity contribution in [1.82, 2.24) is 14.9 Å². The van der Waals surface area contributed by atoms with Gasteiger partial charge in [0.25, 0.3) is 0 Å². The van der Waals surface area contributed by atoms with Crippen LogP contribution < -0.4 is 5.32 Å². The third-order valence-corrected chi connectivity index (χ3v) is 3.75. The van der Waals surface area contributed by atoms with Crippen molar-refractivity contribution in [1.29, 1.82) is 0 Å². The molecule has 1 heterocycles. The van der Waals surface area contributed by atoms with E-state index in [0.717, 1.165) is 28.8 Å². The van der Waals surface area contributed by atoms with Gasteiger partial charge in [0, 0.05) is 13.0 Å². The van der Waals surface area contributed by atoms with Crippen molar-refractivity contribution < 1.29 is 9.18 Å². The Morgan fingerprint density at radius 2 is 1.91 bits per heavy atom. The molecule has 0 bridgehead atoms. The van der Waals surface area contributed by atoms with Crippen molar-refractivity contribution in [2.24, 2.45) is 0 Å². The summed E-state index contributed by atoms with van der Waals surface area (Å²) in [7, 11) is 0. The Labute approximate surface area is 134 Å². The number of carbonyl (C=O) groups excluding carboxylic acids is 1. The smallest absolute Gasteiger partial charge is 0.240 e. The van der Waals surface area contributed by atoms with E-state index in [1.165, 1.54) is 12.1 Å². The third-order valence-electron chi connectivity index (χ3n) is 3.75. The summed E-state index contributed by atoms with van der Waals surface area (Å²) in [6.07, 6.45) is 0.764. The Kier molecular flexibility index (Phi) is 4.37. The molecule has 0 aliphatic heterocycles. The third kappa shape index (κ3) is 3.39. The standard InChI is InChI=1S/C18H18FN3O/c1-2-17-21-15-5-3-4-6-16(15)22(17)12-18(23)20-11-13-7-9-14(19)10-8-13/h3-10H,2,11-12H2,1H3,(H,20,23). The Morgan fingerprint density at radius 3 is 2.65 bits per heavy atom. The van der Waals surface area contributed by atoms with E-state index in [9.17, 15) is 9.18 Å². The van der Waals surface area contributed by atoms with Gasteiger partial charge >= 0.3 is 0 Å². The number of rotatable bonds is 5. The van der Waals surface area contributed by atoms with Crippen LogP contribution in [0.1, 0.15) is 18.3 Å². The summed E-state index contributed by atoms with van der Waals surface area (Å²) < 4.78 is 14.8. The molecule has 3 rings (SSSR count). The summed E-state index contributed by atoms with van der Waals surface area (Å²) in [6.45, 7) is 2.63. The van der Waals surface area contributed by atoms with Gasteiger partial charge < -0.3 is 9.88 Å². The van der Waals surface area contributed by atoms with Crippen molar-refractivity contribution in [2.75, 3.05) is 0 Å². The maximum Gasteiger partial charge on any atom is 0.240 e. The number of para-hydroxylation sites is 2. The lowest BCUT2D eigenvalue weighted by molar-refractivity contribution is -0.121. The number of nitrogens with zero attached hydrogens (tertiary/aromatic N) is 2. The maximum absolute atomic E-state index is 12.9. The number of hydrogen-bond donors (Lipinski definition) is 1. The second-order valence-electron chi connectivity index (χ2n) is 5.36. The Bertz CT molecular complexity index is 824. The zero-order valence-electron chi connectivity index (χ0n) is 12.9. The topological polar surface area (TPSA) is 46.9 Å². The number of hydrogen-bond acceptors (Lipinski definition) is 2. The van der Waals surface area contributed by atoms with Crippen LogP contribution >= 0.6 is 0 Å². The number of imidazole rings is 1. The number of benzene rings is 2. The zero-order chi connectivity index (χ0) is 16.2. The lowest BCUT2D eigenvalue weighted by atomic mass is 10.2. The van der Waals surface area contributed by atoms with E-state index in [2.05, 4.69) is 10.3 Å². The zero-order valence-corrected chi connectivity index (χ0v) is 12.9. The van der Waals surface area contributed by atoms with E-state index in [0.29, 0.717) is 6.54 Å². The molecule has 0 radical (unpaired) electrons. The summed E-state index contributed by atoms with van der Waals surface area (Å²) in [5, 5.41) is 2.86. The van der Waals surface area contributed by atoms with Crippen molar-refractivity contribution in [2.45, 2.75) is 26.4 Å². The van der Waals surface area contributed by atoms with Gasteiger partial charge in [0.1, 0.15) is 18.2 Å². The SMILES string of the molecule is CCc1nc2ccccc2n1CC(=O)NCc1ccc(F)cc1. The molecule has 1 amide bonds. The normalized spacial score (nSPS) is 10.9. The number of halogens is 1. The average molecular weight is 311 g/mol. The monoisotopic (exact) mass is 311 g/mol. The second-order valence-corrected chi connectivity index (χ2v) is 5.36. The minimum absolute atomic E-state index is 0.0906. The van der Waals surface area contributed by atoms with Crippen LogP contribution in [0.3, 0.4) is 0 Å². The summed E-state index contributed by atoms with van der Waals surface area (Å²) in [6, 6.07) is 13.9. The number of fused-ring (bicyclic) bond motifs is 1. The Balaban J connectivity index is 1.71. The molecule has 0 saturated heterocycles. The summed E-state index contributed by atoms with van der Waals surface area (Å²) >= 11 is 0. The molecule has 0 atom stereocenters. The molecule has 0 aliphatic rings. The van der Waals surface area contributed by atoms with Crippen molar-refractivity contribution in [3.8, 4) is 0 Å². The maximum atomic E-state index is 12.9. The van der Waals surface area contributed by atoms with Gasteiger partial charge in [0.15, 0.2) is 0 Å². The van der Waals surface area contributed by atoms with E-state index < -0.39 is 0 Å².